The zero-order chi connectivity index (χ0) is 15.8. The van der Waals surface area contributed by atoms with Crippen molar-refractivity contribution in [2.24, 2.45) is 0 Å². The van der Waals surface area contributed by atoms with Crippen molar-refractivity contribution in [3.05, 3.63) is 0 Å². The molecule has 0 saturated carbocycles. The number of likely N-dealkylation sites (N-methyl/N-ethyl adjacent to an activating group) is 1. The number of rotatable bonds is 16. The highest BCUT2D eigenvalue weighted by atomic mass is 35.5. The maximum Gasteiger partial charge on any atom is 0.102 e. The number of ether oxygens (including phenoxy) is 1. The molecule has 0 unspecified atom stereocenters. The Balaban J connectivity index is 0. The van der Waals surface area contributed by atoms with Gasteiger partial charge in [0.25, 0.3) is 0 Å². The Labute approximate surface area is 147 Å². The number of quaternary nitrogens is 1. The molecular weight excluding hydrogens is 294 g/mol. The number of methoxy groups -OCH3 is 1. The summed E-state index contributed by atoms with van der Waals surface area (Å²) in [5.41, 5.74) is 0. The summed E-state index contributed by atoms with van der Waals surface area (Å²) in [6, 6.07) is 0. The number of nitrogens with zero attached hydrogens (tertiary/aromatic N) is 1. The fourth-order valence-electron chi connectivity index (χ4n) is 2.83. The molecule has 0 aliphatic heterocycles. The van der Waals surface area contributed by atoms with Crippen LogP contribution in [0.15, 0.2) is 0 Å². The van der Waals surface area contributed by atoms with E-state index in [0.717, 1.165) is 17.6 Å². The molecule has 0 amide bonds. The molecule has 0 aliphatic rings. The van der Waals surface area contributed by atoms with Crippen LogP contribution in [0.2, 0.25) is 0 Å². The van der Waals surface area contributed by atoms with Crippen LogP contribution in [0.3, 0.4) is 0 Å². The summed E-state index contributed by atoms with van der Waals surface area (Å²) in [5, 5.41) is 0. The van der Waals surface area contributed by atoms with Crippen molar-refractivity contribution in [1.82, 2.24) is 0 Å². The van der Waals surface area contributed by atoms with Gasteiger partial charge in [0.2, 0.25) is 0 Å². The average molecular weight is 336 g/mol. The maximum atomic E-state index is 5.18. The van der Waals surface area contributed by atoms with Crippen LogP contribution >= 0.6 is 0 Å². The molecular formula is C19H42ClNO. The summed E-state index contributed by atoms with van der Waals surface area (Å²) in [5.74, 6) is 0. The molecule has 0 heterocycles. The topological polar surface area (TPSA) is 9.23 Å². The fourth-order valence-corrected chi connectivity index (χ4v) is 2.83. The Morgan fingerprint density at radius 2 is 1.05 bits per heavy atom. The van der Waals surface area contributed by atoms with Crippen molar-refractivity contribution < 1.29 is 21.6 Å². The van der Waals surface area contributed by atoms with Crippen molar-refractivity contribution in [2.75, 3.05) is 40.9 Å². The molecule has 0 aromatic rings. The summed E-state index contributed by atoms with van der Waals surface area (Å²) >= 11 is 0. The Morgan fingerprint density at radius 3 is 1.45 bits per heavy atom. The Kier molecular flexibility index (Phi) is 19.5. The lowest BCUT2D eigenvalue weighted by atomic mass is 10.1. The molecule has 0 aliphatic carbocycles. The zero-order valence-corrected chi connectivity index (χ0v) is 16.6. The van der Waals surface area contributed by atoms with Gasteiger partial charge in [0.05, 0.1) is 27.2 Å². The van der Waals surface area contributed by atoms with E-state index < -0.39 is 0 Å². The van der Waals surface area contributed by atoms with E-state index in [4.69, 9.17) is 4.74 Å². The summed E-state index contributed by atoms with van der Waals surface area (Å²) in [6.07, 6.45) is 17.2. The lowest BCUT2D eigenvalue weighted by molar-refractivity contribution is -0.890. The molecule has 0 radical (unpaired) electrons. The van der Waals surface area contributed by atoms with Crippen molar-refractivity contribution >= 4 is 0 Å². The first-order valence-electron chi connectivity index (χ1n) is 9.43. The second-order valence-corrected chi connectivity index (χ2v) is 7.26. The van der Waals surface area contributed by atoms with E-state index in [1.54, 1.807) is 7.11 Å². The summed E-state index contributed by atoms with van der Waals surface area (Å²) < 4.78 is 6.28. The third kappa shape index (κ3) is 18.3. The summed E-state index contributed by atoms with van der Waals surface area (Å²) in [4.78, 5) is 0. The monoisotopic (exact) mass is 335 g/mol. The molecule has 0 spiro atoms. The van der Waals surface area contributed by atoms with E-state index in [9.17, 15) is 0 Å². The molecule has 0 saturated heterocycles. The van der Waals surface area contributed by atoms with Crippen LogP contribution in [0.5, 0.6) is 0 Å². The average Bonchev–Trinajstić information content (AvgIpc) is 2.46. The van der Waals surface area contributed by atoms with Crippen LogP contribution in [0.25, 0.3) is 0 Å². The Morgan fingerprint density at radius 1 is 0.636 bits per heavy atom. The smallest absolute Gasteiger partial charge is 0.102 e. The largest absolute Gasteiger partial charge is 1.00 e. The van der Waals surface area contributed by atoms with Gasteiger partial charge in [-0.2, -0.15) is 0 Å². The van der Waals surface area contributed by atoms with Crippen LogP contribution in [-0.4, -0.2) is 45.4 Å². The molecule has 0 bridgehead atoms. The molecule has 0 atom stereocenters. The van der Waals surface area contributed by atoms with Crippen LogP contribution in [0, 0.1) is 0 Å². The van der Waals surface area contributed by atoms with Crippen molar-refractivity contribution in [1.29, 1.82) is 0 Å². The zero-order valence-electron chi connectivity index (χ0n) is 15.8. The fraction of sp³-hybridized carbons (Fsp3) is 1.00. The SMILES string of the molecule is CCCCCCCCCCCCCC[N+](C)(C)CCOC.[Cl-]. The van der Waals surface area contributed by atoms with Crippen molar-refractivity contribution in [3.8, 4) is 0 Å². The molecule has 2 nitrogen and oxygen atoms in total. The van der Waals surface area contributed by atoms with Gasteiger partial charge in [0, 0.05) is 7.11 Å². The minimum atomic E-state index is 0. The number of hydrogen-bond acceptors (Lipinski definition) is 1. The maximum absolute atomic E-state index is 5.18. The molecule has 0 rings (SSSR count). The van der Waals surface area contributed by atoms with Gasteiger partial charge in [0.1, 0.15) is 6.54 Å². The second-order valence-electron chi connectivity index (χ2n) is 7.26. The summed E-state index contributed by atoms with van der Waals surface area (Å²) in [6.45, 7) is 5.60. The normalized spacial score (nSPS) is 11.5. The van der Waals surface area contributed by atoms with Crippen LogP contribution in [0.1, 0.15) is 84.0 Å². The Hall–Kier alpha value is 0.210. The summed E-state index contributed by atoms with van der Waals surface area (Å²) in [7, 11) is 6.43. The molecule has 0 aromatic carbocycles. The van der Waals surface area contributed by atoms with Crippen molar-refractivity contribution in [2.45, 2.75) is 84.0 Å². The van der Waals surface area contributed by atoms with E-state index in [1.165, 1.54) is 83.6 Å². The minimum Gasteiger partial charge on any atom is -1.00 e. The minimum absolute atomic E-state index is 0. The van der Waals surface area contributed by atoms with Crippen LogP contribution in [0.4, 0.5) is 0 Å². The second kappa shape index (κ2) is 17.6. The van der Waals surface area contributed by atoms with Gasteiger partial charge in [-0.3, -0.25) is 0 Å². The molecule has 0 fully saturated rings. The van der Waals surface area contributed by atoms with Gasteiger partial charge in [-0.25, -0.2) is 0 Å². The van der Waals surface area contributed by atoms with E-state index in [0.29, 0.717) is 0 Å². The quantitative estimate of drug-likeness (QED) is 0.311. The highest BCUT2D eigenvalue weighted by Gasteiger charge is 2.13. The number of halogens is 1. The lowest BCUT2D eigenvalue weighted by Gasteiger charge is -2.29. The van der Waals surface area contributed by atoms with Gasteiger partial charge in [-0.05, 0) is 12.8 Å². The number of hydrogen-bond donors (Lipinski definition) is 0. The first-order chi connectivity index (χ1) is 10.1. The molecule has 136 valence electrons. The van der Waals surface area contributed by atoms with Gasteiger partial charge < -0.3 is 21.6 Å². The first-order valence-corrected chi connectivity index (χ1v) is 9.43. The number of unbranched alkanes of at least 4 members (excludes halogenated alkanes) is 11. The van der Waals surface area contributed by atoms with Gasteiger partial charge in [0.15, 0.2) is 0 Å². The van der Waals surface area contributed by atoms with E-state index in [1.807, 2.05) is 0 Å². The van der Waals surface area contributed by atoms with E-state index >= 15 is 0 Å². The molecule has 0 N–H and O–H groups in total. The molecule has 0 aromatic heterocycles. The van der Waals surface area contributed by atoms with Gasteiger partial charge in [-0.1, -0.05) is 71.1 Å². The highest BCUT2D eigenvalue weighted by Crippen LogP contribution is 2.12. The van der Waals surface area contributed by atoms with Crippen LogP contribution < -0.4 is 12.4 Å². The highest BCUT2D eigenvalue weighted by molar-refractivity contribution is 4.48. The van der Waals surface area contributed by atoms with E-state index in [-0.39, 0.29) is 12.4 Å². The third-order valence-corrected chi connectivity index (χ3v) is 4.52. The van der Waals surface area contributed by atoms with Crippen molar-refractivity contribution in [3.63, 3.8) is 0 Å². The predicted octanol–water partition coefficient (Wildman–Crippen LogP) is 2.41. The molecule has 3 heteroatoms. The first kappa shape index (κ1) is 24.5. The standard InChI is InChI=1S/C19H42NO.ClH/c1-5-6-7-8-9-10-11-12-13-14-15-16-17-20(2,3)18-19-21-4;/h5-19H2,1-4H3;1H/q+1;/p-1. The lowest BCUT2D eigenvalue weighted by Crippen LogP contribution is -3.00. The molecule has 22 heavy (non-hydrogen) atoms. The van der Waals surface area contributed by atoms with Crippen LogP contribution in [-0.2, 0) is 4.74 Å². The van der Waals surface area contributed by atoms with E-state index in [2.05, 4.69) is 21.0 Å². The predicted molar refractivity (Wildman–Crippen MR) is 94.8 cm³/mol. The van der Waals surface area contributed by atoms with Gasteiger partial charge >= 0.3 is 0 Å². The Bertz CT molecular complexity index is 210. The third-order valence-electron chi connectivity index (χ3n) is 4.52. The van der Waals surface area contributed by atoms with Gasteiger partial charge in [-0.15, -0.1) is 0 Å².